The molecule has 0 spiro atoms. The third-order valence-electron chi connectivity index (χ3n) is 1.89. The zero-order valence-corrected chi connectivity index (χ0v) is 8.05. The van der Waals surface area contributed by atoms with Gasteiger partial charge < -0.3 is 11.1 Å². The van der Waals surface area contributed by atoms with Crippen LogP contribution >= 0.6 is 0 Å². The zero-order valence-electron chi connectivity index (χ0n) is 8.05. The number of carbonyl (C=O) groups excluding carboxylic acids is 1. The minimum absolute atomic E-state index is 0.0505. The van der Waals surface area contributed by atoms with Crippen molar-refractivity contribution in [2.75, 3.05) is 13.1 Å². The van der Waals surface area contributed by atoms with Crippen molar-refractivity contribution in [2.24, 2.45) is 11.7 Å². The lowest BCUT2D eigenvalue weighted by Crippen LogP contribution is -2.23. The van der Waals surface area contributed by atoms with Gasteiger partial charge in [-0.1, -0.05) is 6.92 Å². The number of nitrogens with one attached hydrogen (secondary N) is 1. The van der Waals surface area contributed by atoms with E-state index in [1.54, 1.807) is 0 Å². The predicted octanol–water partition coefficient (Wildman–Crippen LogP) is 0.391. The fraction of sp³-hybridized carbons (Fsp3) is 0.778. The molecule has 0 aromatic carbocycles. The van der Waals surface area contributed by atoms with Crippen LogP contribution in [0.5, 0.6) is 0 Å². The van der Waals surface area contributed by atoms with Gasteiger partial charge in [-0.25, -0.2) is 0 Å². The Hall–Kier alpha value is -1.08. The molecule has 0 aromatic rings. The number of nitrogens with two attached hydrogens (primary N) is 1. The number of rotatable bonds is 6. The van der Waals surface area contributed by atoms with Crippen LogP contribution in [-0.2, 0) is 4.79 Å². The summed E-state index contributed by atoms with van der Waals surface area (Å²) in [5, 5.41) is 10.7. The summed E-state index contributed by atoms with van der Waals surface area (Å²) in [5.41, 5.74) is 5.37. The molecule has 0 heterocycles. The lowest BCUT2D eigenvalue weighted by molar-refractivity contribution is -0.121. The molecule has 13 heavy (non-hydrogen) atoms. The lowest BCUT2D eigenvalue weighted by Gasteiger charge is -2.08. The first-order valence-electron chi connectivity index (χ1n) is 4.54. The quantitative estimate of drug-likeness (QED) is 0.585. The van der Waals surface area contributed by atoms with Crippen molar-refractivity contribution >= 4 is 5.91 Å². The van der Waals surface area contributed by atoms with Crippen molar-refractivity contribution < 1.29 is 4.79 Å². The van der Waals surface area contributed by atoms with Gasteiger partial charge in [-0.05, 0) is 25.3 Å². The molecule has 0 fully saturated rings. The summed E-state index contributed by atoms with van der Waals surface area (Å²) in [6.07, 6.45) is 2.28. The highest BCUT2D eigenvalue weighted by Gasteiger charge is 2.04. The average molecular weight is 183 g/mol. The number of hydrogen-bond acceptors (Lipinski definition) is 3. The summed E-state index contributed by atoms with van der Waals surface area (Å²) >= 11 is 0. The molecule has 0 rings (SSSR count). The Labute approximate surface area is 79.1 Å². The van der Waals surface area contributed by atoms with Crippen LogP contribution in [0.1, 0.15) is 26.2 Å². The molecule has 4 heteroatoms. The van der Waals surface area contributed by atoms with Crippen LogP contribution in [0.2, 0.25) is 0 Å². The van der Waals surface area contributed by atoms with Crippen LogP contribution in [0.15, 0.2) is 0 Å². The van der Waals surface area contributed by atoms with E-state index in [-0.39, 0.29) is 12.5 Å². The van der Waals surface area contributed by atoms with Gasteiger partial charge in [0.15, 0.2) is 0 Å². The summed E-state index contributed by atoms with van der Waals surface area (Å²) in [4.78, 5) is 11.0. The third kappa shape index (κ3) is 7.29. The minimum Gasteiger partial charge on any atom is -0.343 e. The molecule has 0 saturated carbocycles. The Bertz CT molecular complexity index is 186. The lowest BCUT2D eigenvalue weighted by atomic mass is 10.0. The van der Waals surface area contributed by atoms with Gasteiger partial charge in [0.05, 0.1) is 6.07 Å². The molecule has 0 radical (unpaired) electrons. The Morgan fingerprint density at radius 3 is 2.85 bits per heavy atom. The smallest absolute Gasteiger partial charge is 0.220 e. The molecule has 0 aliphatic carbocycles. The van der Waals surface area contributed by atoms with Crippen LogP contribution in [0, 0.1) is 17.2 Å². The van der Waals surface area contributed by atoms with E-state index in [0.717, 1.165) is 12.8 Å². The number of carbonyl (C=O) groups is 1. The topological polar surface area (TPSA) is 78.9 Å². The summed E-state index contributed by atoms with van der Waals surface area (Å²) < 4.78 is 0. The number of nitriles is 1. The van der Waals surface area contributed by atoms with E-state index in [4.69, 9.17) is 11.0 Å². The van der Waals surface area contributed by atoms with Gasteiger partial charge in [0.25, 0.3) is 0 Å². The van der Waals surface area contributed by atoms with Gasteiger partial charge in [-0.15, -0.1) is 0 Å². The van der Waals surface area contributed by atoms with Gasteiger partial charge in [-0.3, -0.25) is 4.79 Å². The van der Waals surface area contributed by atoms with Gasteiger partial charge in [-0.2, -0.15) is 5.26 Å². The molecule has 4 nitrogen and oxygen atoms in total. The number of nitrogens with zero attached hydrogens (tertiary/aromatic N) is 1. The van der Waals surface area contributed by atoms with Gasteiger partial charge in [0.2, 0.25) is 5.91 Å². The Morgan fingerprint density at radius 1 is 1.62 bits per heavy atom. The normalized spacial score (nSPS) is 11.8. The van der Waals surface area contributed by atoms with Crippen LogP contribution in [-0.4, -0.2) is 19.0 Å². The molecule has 0 bridgehead atoms. The first-order chi connectivity index (χ1) is 6.20. The largest absolute Gasteiger partial charge is 0.343 e. The van der Waals surface area contributed by atoms with Crippen LogP contribution in [0.4, 0.5) is 0 Å². The standard InChI is InChI=1S/C9H17N3O/c1-8(4-5-10)2-3-9(13)12-7-6-11/h8H,2-5,7,10H2,1H3,(H,12,13). The van der Waals surface area contributed by atoms with Gasteiger partial charge in [0.1, 0.15) is 6.54 Å². The van der Waals surface area contributed by atoms with Crippen LogP contribution in [0.25, 0.3) is 0 Å². The second kappa shape index (κ2) is 7.56. The third-order valence-corrected chi connectivity index (χ3v) is 1.89. The van der Waals surface area contributed by atoms with Gasteiger partial charge in [0, 0.05) is 6.42 Å². The Kier molecular flexibility index (Phi) is 6.93. The van der Waals surface area contributed by atoms with E-state index >= 15 is 0 Å². The van der Waals surface area contributed by atoms with Crippen molar-refractivity contribution in [1.82, 2.24) is 5.32 Å². The summed E-state index contributed by atoms with van der Waals surface area (Å²) in [6, 6.07) is 1.86. The zero-order chi connectivity index (χ0) is 10.1. The maximum absolute atomic E-state index is 11.0. The maximum atomic E-state index is 11.0. The molecule has 74 valence electrons. The van der Waals surface area contributed by atoms with E-state index < -0.39 is 0 Å². The fourth-order valence-electron chi connectivity index (χ4n) is 1.03. The van der Waals surface area contributed by atoms with E-state index in [9.17, 15) is 4.79 Å². The first-order valence-corrected chi connectivity index (χ1v) is 4.54. The molecule has 1 amide bonds. The van der Waals surface area contributed by atoms with Crippen molar-refractivity contribution in [3.63, 3.8) is 0 Å². The Morgan fingerprint density at radius 2 is 2.31 bits per heavy atom. The van der Waals surface area contributed by atoms with E-state index in [1.165, 1.54) is 0 Å². The van der Waals surface area contributed by atoms with Crippen LogP contribution in [0.3, 0.4) is 0 Å². The van der Waals surface area contributed by atoms with Crippen molar-refractivity contribution in [3.8, 4) is 6.07 Å². The molecule has 0 aromatic heterocycles. The molecule has 0 aliphatic heterocycles. The highest BCUT2D eigenvalue weighted by molar-refractivity contribution is 5.76. The fourth-order valence-corrected chi connectivity index (χ4v) is 1.03. The van der Waals surface area contributed by atoms with Crippen molar-refractivity contribution in [1.29, 1.82) is 5.26 Å². The van der Waals surface area contributed by atoms with Crippen molar-refractivity contribution in [2.45, 2.75) is 26.2 Å². The van der Waals surface area contributed by atoms with Gasteiger partial charge >= 0.3 is 0 Å². The highest BCUT2D eigenvalue weighted by atomic mass is 16.1. The highest BCUT2D eigenvalue weighted by Crippen LogP contribution is 2.08. The molecular weight excluding hydrogens is 166 g/mol. The second-order valence-electron chi connectivity index (χ2n) is 3.16. The first kappa shape index (κ1) is 11.9. The van der Waals surface area contributed by atoms with Crippen molar-refractivity contribution in [3.05, 3.63) is 0 Å². The second-order valence-corrected chi connectivity index (χ2v) is 3.16. The van der Waals surface area contributed by atoms with E-state index in [0.29, 0.717) is 18.9 Å². The molecule has 1 unspecified atom stereocenters. The predicted molar refractivity (Wildman–Crippen MR) is 50.7 cm³/mol. The molecular formula is C9H17N3O. The SMILES string of the molecule is CC(CCN)CCC(=O)NCC#N. The van der Waals surface area contributed by atoms with Crippen LogP contribution < -0.4 is 11.1 Å². The minimum atomic E-state index is -0.0505. The average Bonchev–Trinajstić information content (AvgIpc) is 2.12. The van der Waals surface area contributed by atoms with E-state index in [2.05, 4.69) is 12.2 Å². The number of amides is 1. The summed E-state index contributed by atoms with van der Waals surface area (Å²) in [7, 11) is 0. The molecule has 0 saturated heterocycles. The monoisotopic (exact) mass is 183 g/mol. The Balaban J connectivity index is 3.41. The number of hydrogen-bond donors (Lipinski definition) is 2. The summed E-state index contributed by atoms with van der Waals surface area (Å²) in [5.74, 6) is 0.434. The maximum Gasteiger partial charge on any atom is 0.220 e. The van der Waals surface area contributed by atoms with E-state index in [1.807, 2.05) is 6.07 Å². The summed E-state index contributed by atoms with van der Waals surface area (Å²) in [6.45, 7) is 2.84. The molecule has 0 aliphatic rings. The molecule has 1 atom stereocenters. The molecule has 3 N–H and O–H groups in total.